The third-order valence-electron chi connectivity index (χ3n) is 3.44. The number of amides is 1. The summed E-state index contributed by atoms with van der Waals surface area (Å²) in [5.74, 6) is -0.0745. The standard InChI is InChI=1S/C15H15N3O2S2/c1-8(16-14(19)13-12(21-2)5-6-22-13)9-3-4-10-11(7-9)18-15(20)17-10/h3-8H,1-2H3,(H,16,19)(H2,17,18,20)/t8-/m0/s1. The molecule has 0 bridgehead atoms. The van der Waals surface area contributed by atoms with Crippen molar-refractivity contribution in [3.63, 3.8) is 0 Å². The molecule has 3 N–H and O–H groups in total. The summed E-state index contributed by atoms with van der Waals surface area (Å²) in [4.78, 5) is 30.8. The molecule has 0 aliphatic rings. The normalized spacial score (nSPS) is 12.5. The summed E-state index contributed by atoms with van der Waals surface area (Å²) in [6.45, 7) is 1.93. The smallest absolute Gasteiger partial charge is 0.323 e. The first kappa shape index (κ1) is 14.9. The fraction of sp³-hybridized carbons (Fsp3) is 0.200. The van der Waals surface area contributed by atoms with Crippen LogP contribution in [0.4, 0.5) is 0 Å². The summed E-state index contributed by atoms with van der Waals surface area (Å²) in [6.07, 6.45) is 1.96. The van der Waals surface area contributed by atoms with Gasteiger partial charge < -0.3 is 15.3 Å². The first-order chi connectivity index (χ1) is 10.6. The van der Waals surface area contributed by atoms with Crippen LogP contribution < -0.4 is 11.0 Å². The molecule has 1 atom stereocenters. The highest BCUT2D eigenvalue weighted by Crippen LogP contribution is 2.26. The highest BCUT2D eigenvalue weighted by Gasteiger charge is 2.16. The number of rotatable bonds is 4. The zero-order valence-electron chi connectivity index (χ0n) is 12.1. The number of hydrogen-bond acceptors (Lipinski definition) is 4. The van der Waals surface area contributed by atoms with Crippen LogP contribution in [0, 0.1) is 0 Å². The van der Waals surface area contributed by atoms with Gasteiger partial charge in [-0.05, 0) is 42.3 Å². The average molecular weight is 333 g/mol. The van der Waals surface area contributed by atoms with Gasteiger partial charge in [0.2, 0.25) is 0 Å². The molecule has 0 spiro atoms. The topological polar surface area (TPSA) is 77.8 Å². The van der Waals surface area contributed by atoms with Crippen molar-refractivity contribution in [2.75, 3.05) is 6.26 Å². The van der Waals surface area contributed by atoms with Gasteiger partial charge >= 0.3 is 5.69 Å². The Morgan fingerprint density at radius 3 is 2.82 bits per heavy atom. The number of carbonyl (C=O) groups excluding carboxylic acids is 1. The molecule has 0 saturated carbocycles. The Hall–Kier alpha value is -1.99. The number of nitrogens with one attached hydrogen (secondary N) is 3. The van der Waals surface area contributed by atoms with Crippen molar-refractivity contribution < 1.29 is 4.79 Å². The van der Waals surface area contributed by atoms with E-state index >= 15 is 0 Å². The van der Waals surface area contributed by atoms with Gasteiger partial charge in [0, 0.05) is 4.90 Å². The van der Waals surface area contributed by atoms with E-state index in [1.54, 1.807) is 11.8 Å². The first-order valence-corrected chi connectivity index (χ1v) is 8.83. The van der Waals surface area contributed by atoms with Gasteiger partial charge in [-0.2, -0.15) is 0 Å². The molecule has 1 amide bonds. The second-order valence-corrected chi connectivity index (χ2v) is 6.66. The van der Waals surface area contributed by atoms with Crippen LogP contribution >= 0.6 is 23.1 Å². The molecule has 114 valence electrons. The number of imidazole rings is 1. The molecular weight excluding hydrogens is 318 g/mol. The largest absolute Gasteiger partial charge is 0.345 e. The summed E-state index contributed by atoms with van der Waals surface area (Å²) < 4.78 is 0. The molecule has 0 aliphatic carbocycles. The third kappa shape index (κ3) is 2.82. The second-order valence-electron chi connectivity index (χ2n) is 4.90. The fourth-order valence-corrected chi connectivity index (χ4v) is 3.94. The van der Waals surface area contributed by atoms with E-state index in [4.69, 9.17) is 0 Å². The van der Waals surface area contributed by atoms with Gasteiger partial charge in [0.15, 0.2) is 0 Å². The van der Waals surface area contributed by atoms with Crippen LogP contribution in [-0.4, -0.2) is 22.1 Å². The molecule has 7 heteroatoms. The molecule has 2 heterocycles. The summed E-state index contributed by atoms with van der Waals surface area (Å²) in [6, 6.07) is 7.42. The van der Waals surface area contributed by atoms with Gasteiger partial charge in [0.05, 0.1) is 17.1 Å². The lowest BCUT2D eigenvalue weighted by Gasteiger charge is -2.14. The maximum absolute atomic E-state index is 12.4. The van der Waals surface area contributed by atoms with Crippen LogP contribution in [0.5, 0.6) is 0 Å². The zero-order valence-corrected chi connectivity index (χ0v) is 13.7. The van der Waals surface area contributed by atoms with E-state index in [0.717, 1.165) is 26.4 Å². The predicted molar refractivity (Wildman–Crippen MR) is 90.9 cm³/mol. The maximum atomic E-state index is 12.4. The number of aromatic amines is 2. The SMILES string of the molecule is CSc1ccsc1C(=O)N[C@@H](C)c1ccc2[nH]c(=O)[nH]c2c1. The molecule has 3 rings (SSSR count). The Morgan fingerprint density at radius 2 is 2.05 bits per heavy atom. The minimum atomic E-state index is -0.230. The quantitative estimate of drug-likeness (QED) is 0.642. The van der Waals surface area contributed by atoms with Crippen LogP contribution in [-0.2, 0) is 0 Å². The van der Waals surface area contributed by atoms with Gasteiger partial charge in [-0.3, -0.25) is 4.79 Å². The maximum Gasteiger partial charge on any atom is 0.323 e. The predicted octanol–water partition coefficient (Wildman–Crippen LogP) is 3.13. The van der Waals surface area contributed by atoms with E-state index in [0.29, 0.717) is 0 Å². The van der Waals surface area contributed by atoms with Crippen molar-refractivity contribution in [3.05, 3.63) is 50.6 Å². The summed E-state index contributed by atoms with van der Waals surface area (Å²) in [7, 11) is 0. The molecule has 2 aromatic heterocycles. The molecule has 0 fully saturated rings. The van der Waals surface area contributed by atoms with E-state index in [2.05, 4.69) is 15.3 Å². The van der Waals surface area contributed by atoms with Crippen LogP contribution in [0.3, 0.4) is 0 Å². The Balaban J connectivity index is 1.81. The highest BCUT2D eigenvalue weighted by atomic mass is 32.2. The molecule has 0 unspecified atom stereocenters. The zero-order chi connectivity index (χ0) is 15.7. The van der Waals surface area contributed by atoms with E-state index in [9.17, 15) is 9.59 Å². The monoisotopic (exact) mass is 333 g/mol. The van der Waals surface area contributed by atoms with E-state index in [1.165, 1.54) is 11.3 Å². The lowest BCUT2D eigenvalue weighted by Crippen LogP contribution is -2.26. The van der Waals surface area contributed by atoms with Crippen molar-refractivity contribution in [2.24, 2.45) is 0 Å². The van der Waals surface area contributed by atoms with E-state index in [-0.39, 0.29) is 17.6 Å². The van der Waals surface area contributed by atoms with Crippen molar-refractivity contribution in [3.8, 4) is 0 Å². The second kappa shape index (κ2) is 6.02. The van der Waals surface area contributed by atoms with Crippen molar-refractivity contribution in [1.82, 2.24) is 15.3 Å². The number of H-pyrrole nitrogens is 2. The Kier molecular flexibility index (Phi) is 4.08. The van der Waals surface area contributed by atoms with Crippen molar-refractivity contribution in [2.45, 2.75) is 17.9 Å². The van der Waals surface area contributed by atoms with Gasteiger partial charge in [-0.25, -0.2) is 4.79 Å². The number of carbonyl (C=O) groups is 1. The molecular formula is C15H15N3O2S2. The molecule has 0 aliphatic heterocycles. The summed E-state index contributed by atoms with van der Waals surface area (Å²) >= 11 is 3.00. The van der Waals surface area contributed by atoms with Crippen LogP contribution in [0.2, 0.25) is 0 Å². The van der Waals surface area contributed by atoms with Crippen molar-refractivity contribution in [1.29, 1.82) is 0 Å². The van der Waals surface area contributed by atoms with Gasteiger partial charge in [-0.15, -0.1) is 23.1 Å². The Bertz CT molecular complexity index is 878. The number of aromatic nitrogens is 2. The minimum absolute atomic E-state index is 0.0745. The number of benzene rings is 1. The molecule has 0 saturated heterocycles. The molecule has 1 aromatic carbocycles. The molecule has 22 heavy (non-hydrogen) atoms. The van der Waals surface area contributed by atoms with Crippen LogP contribution in [0.25, 0.3) is 11.0 Å². The Morgan fingerprint density at radius 1 is 1.27 bits per heavy atom. The molecule has 5 nitrogen and oxygen atoms in total. The summed E-state index contributed by atoms with van der Waals surface area (Å²) in [5, 5.41) is 4.92. The van der Waals surface area contributed by atoms with Crippen molar-refractivity contribution >= 4 is 40.0 Å². The lowest BCUT2D eigenvalue weighted by molar-refractivity contribution is 0.0941. The third-order valence-corrected chi connectivity index (χ3v) is 5.27. The number of thioether (sulfide) groups is 1. The fourth-order valence-electron chi connectivity index (χ4n) is 2.29. The van der Waals surface area contributed by atoms with Gasteiger partial charge in [0.1, 0.15) is 4.88 Å². The highest BCUT2D eigenvalue weighted by molar-refractivity contribution is 7.98. The molecule has 3 aromatic rings. The van der Waals surface area contributed by atoms with Gasteiger partial charge in [-0.1, -0.05) is 6.07 Å². The van der Waals surface area contributed by atoms with Crippen LogP contribution in [0.15, 0.2) is 39.3 Å². The number of hydrogen-bond donors (Lipinski definition) is 3. The van der Waals surface area contributed by atoms with Crippen LogP contribution in [0.1, 0.15) is 28.2 Å². The molecule has 0 radical (unpaired) electrons. The van der Waals surface area contributed by atoms with Gasteiger partial charge in [0.25, 0.3) is 5.91 Å². The number of fused-ring (bicyclic) bond motifs is 1. The van der Waals surface area contributed by atoms with E-state index in [1.807, 2.05) is 42.8 Å². The lowest BCUT2D eigenvalue weighted by atomic mass is 10.1. The average Bonchev–Trinajstić information content (AvgIpc) is 3.10. The Labute approximate surface area is 135 Å². The van der Waals surface area contributed by atoms with E-state index < -0.39 is 0 Å². The summed E-state index contributed by atoms with van der Waals surface area (Å²) in [5.41, 5.74) is 2.21. The minimum Gasteiger partial charge on any atom is -0.345 e. The first-order valence-electron chi connectivity index (χ1n) is 6.73. The number of thiophene rings is 1.